The molecule has 0 N–H and O–H groups in total. The minimum atomic E-state index is 0.0254. The highest BCUT2D eigenvalue weighted by Crippen LogP contribution is 2.15. The second kappa shape index (κ2) is 5.38. The molecule has 0 spiro atoms. The fraction of sp³-hybridized carbons (Fsp3) is 0.167. The summed E-state index contributed by atoms with van der Waals surface area (Å²) in [6, 6.07) is 7.54. The van der Waals surface area contributed by atoms with Crippen LogP contribution in [0.2, 0.25) is 5.02 Å². The number of hydrogen-bond donors (Lipinski definition) is 0. The molecule has 0 fully saturated rings. The molecule has 2 aromatic rings. The molecule has 0 aliphatic rings. The van der Waals surface area contributed by atoms with E-state index in [-0.39, 0.29) is 12.3 Å². The van der Waals surface area contributed by atoms with E-state index >= 15 is 0 Å². The average Bonchev–Trinajstić information content (AvgIpc) is 2.75. The average molecular weight is 267 g/mol. The van der Waals surface area contributed by atoms with Gasteiger partial charge < -0.3 is 0 Å². The number of aromatic nitrogens is 2. The molecule has 0 bridgehead atoms. The number of ketones is 1. The van der Waals surface area contributed by atoms with Gasteiger partial charge in [-0.25, -0.2) is 0 Å². The van der Waals surface area contributed by atoms with Gasteiger partial charge in [0.25, 0.3) is 0 Å². The minimum Gasteiger partial charge on any atom is -0.292 e. The van der Waals surface area contributed by atoms with Gasteiger partial charge in [-0.2, -0.15) is 5.10 Å². The molecule has 0 unspecified atom stereocenters. The molecule has 0 amide bonds. The van der Waals surface area contributed by atoms with Gasteiger partial charge in [0.2, 0.25) is 0 Å². The van der Waals surface area contributed by atoms with Crippen molar-refractivity contribution in [2.75, 3.05) is 6.26 Å². The SMILES string of the molecule is CSc1ccc(C(=O)Cn2cc(Cl)cn2)cc1. The first-order valence-electron chi connectivity index (χ1n) is 5.04. The number of benzene rings is 1. The maximum absolute atomic E-state index is 11.9. The lowest BCUT2D eigenvalue weighted by Gasteiger charge is -2.02. The largest absolute Gasteiger partial charge is 0.292 e. The number of rotatable bonds is 4. The van der Waals surface area contributed by atoms with Crippen LogP contribution < -0.4 is 0 Å². The molecule has 0 radical (unpaired) electrons. The summed E-state index contributed by atoms with van der Waals surface area (Å²) in [7, 11) is 0. The summed E-state index contributed by atoms with van der Waals surface area (Å²) in [6.45, 7) is 0.214. The van der Waals surface area contributed by atoms with Gasteiger partial charge in [0.1, 0.15) is 6.54 Å². The number of hydrogen-bond acceptors (Lipinski definition) is 3. The van der Waals surface area contributed by atoms with E-state index in [1.807, 2.05) is 30.5 Å². The molecule has 0 aliphatic heterocycles. The summed E-state index contributed by atoms with van der Waals surface area (Å²) in [6.07, 6.45) is 5.16. The van der Waals surface area contributed by atoms with E-state index in [1.165, 1.54) is 10.9 Å². The molecule has 17 heavy (non-hydrogen) atoms. The molecular weight excluding hydrogens is 256 g/mol. The first kappa shape index (κ1) is 12.2. The molecular formula is C12H11ClN2OS. The van der Waals surface area contributed by atoms with Gasteiger partial charge in [0.15, 0.2) is 5.78 Å². The van der Waals surface area contributed by atoms with Gasteiger partial charge in [-0.05, 0) is 18.4 Å². The van der Waals surface area contributed by atoms with Crippen molar-refractivity contribution in [3.05, 3.63) is 47.2 Å². The lowest BCUT2D eigenvalue weighted by atomic mass is 10.1. The highest BCUT2D eigenvalue weighted by atomic mass is 35.5. The number of thioether (sulfide) groups is 1. The Morgan fingerprint density at radius 3 is 2.65 bits per heavy atom. The van der Waals surface area contributed by atoms with E-state index in [4.69, 9.17) is 11.6 Å². The number of carbonyl (C=O) groups is 1. The molecule has 5 heteroatoms. The van der Waals surface area contributed by atoms with E-state index in [0.29, 0.717) is 10.6 Å². The maximum Gasteiger partial charge on any atom is 0.184 e. The second-order valence-electron chi connectivity index (χ2n) is 3.51. The van der Waals surface area contributed by atoms with Crippen LogP contribution in [0.5, 0.6) is 0 Å². The van der Waals surface area contributed by atoms with Crippen LogP contribution in [0.3, 0.4) is 0 Å². The van der Waals surface area contributed by atoms with Gasteiger partial charge in [-0.3, -0.25) is 9.48 Å². The molecule has 0 aliphatic carbocycles. The summed E-state index contributed by atoms with van der Waals surface area (Å²) < 4.78 is 1.53. The maximum atomic E-state index is 11.9. The van der Waals surface area contributed by atoms with Crippen LogP contribution in [-0.2, 0) is 6.54 Å². The summed E-state index contributed by atoms with van der Waals surface area (Å²) in [5, 5.41) is 4.51. The van der Waals surface area contributed by atoms with Crippen molar-refractivity contribution in [3.63, 3.8) is 0 Å². The monoisotopic (exact) mass is 266 g/mol. The third kappa shape index (κ3) is 3.11. The third-order valence-electron chi connectivity index (χ3n) is 2.32. The van der Waals surface area contributed by atoms with E-state index in [0.717, 1.165) is 4.90 Å². The van der Waals surface area contributed by atoms with Crippen molar-refractivity contribution in [1.82, 2.24) is 9.78 Å². The Kier molecular flexibility index (Phi) is 3.86. The Labute approximate surface area is 109 Å². The van der Waals surface area contributed by atoms with Crippen LogP contribution in [0.1, 0.15) is 10.4 Å². The Hall–Kier alpha value is -1.26. The van der Waals surface area contributed by atoms with E-state index in [1.54, 1.807) is 18.0 Å². The summed E-state index contributed by atoms with van der Waals surface area (Å²) in [4.78, 5) is 13.1. The summed E-state index contributed by atoms with van der Waals surface area (Å²) in [5.41, 5.74) is 0.689. The fourth-order valence-corrected chi connectivity index (χ4v) is 2.00. The van der Waals surface area contributed by atoms with Gasteiger partial charge in [0, 0.05) is 16.7 Å². The normalized spacial score (nSPS) is 10.5. The second-order valence-corrected chi connectivity index (χ2v) is 4.82. The van der Waals surface area contributed by atoms with Crippen molar-refractivity contribution in [1.29, 1.82) is 0 Å². The molecule has 0 saturated heterocycles. The van der Waals surface area contributed by atoms with Crippen LogP contribution in [0.25, 0.3) is 0 Å². The minimum absolute atomic E-state index is 0.0254. The molecule has 88 valence electrons. The Morgan fingerprint density at radius 1 is 1.41 bits per heavy atom. The standard InChI is InChI=1S/C12H11ClN2OS/c1-17-11-4-2-9(3-5-11)12(16)8-15-7-10(13)6-14-15/h2-7H,8H2,1H3. The van der Waals surface area contributed by atoms with Crippen molar-refractivity contribution < 1.29 is 4.79 Å². The first-order chi connectivity index (χ1) is 8.19. The summed E-state index contributed by atoms with van der Waals surface area (Å²) in [5.74, 6) is 0.0254. The predicted molar refractivity (Wildman–Crippen MR) is 69.8 cm³/mol. The Morgan fingerprint density at radius 2 is 2.12 bits per heavy atom. The van der Waals surface area contributed by atoms with Crippen LogP contribution in [0.15, 0.2) is 41.6 Å². The van der Waals surface area contributed by atoms with Gasteiger partial charge in [-0.1, -0.05) is 23.7 Å². The molecule has 1 aromatic heterocycles. The van der Waals surface area contributed by atoms with E-state index < -0.39 is 0 Å². The third-order valence-corrected chi connectivity index (χ3v) is 3.26. The van der Waals surface area contributed by atoms with Crippen LogP contribution >= 0.6 is 23.4 Å². The zero-order valence-corrected chi connectivity index (χ0v) is 10.8. The summed E-state index contributed by atoms with van der Waals surface area (Å²) >= 11 is 7.38. The van der Waals surface area contributed by atoms with Crippen LogP contribution in [-0.4, -0.2) is 21.8 Å². The lowest BCUT2D eigenvalue weighted by molar-refractivity contribution is 0.0967. The van der Waals surface area contributed by atoms with Crippen LogP contribution in [0, 0.1) is 0 Å². The van der Waals surface area contributed by atoms with Gasteiger partial charge in [-0.15, -0.1) is 11.8 Å². The zero-order chi connectivity index (χ0) is 12.3. The number of carbonyl (C=O) groups excluding carboxylic acids is 1. The topological polar surface area (TPSA) is 34.9 Å². The molecule has 1 aromatic carbocycles. The lowest BCUT2D eigenvalue weighted by Crippen LogP contribution is -2.10. The van der Waals surface area contributed by atoms with E-state index in [2.05, 4.69) is 5.10 Å². The Balaban J connectivity index is 2.09. The van der Waals surface area contributed by atoms with Gasteiger partial charge in [0.05, 0.1) is 11.2 Å². The molecule has 2 rings (SSSR count). The number of nitrogens with zero attached hydrogens (tertiary/aromatic N) is 2. The smallest absolute Gasteiger partial charge is 0.184 e. The molecule has 3 nitrogen and oxygen atoms in total. The Bertz CT molecular complexity index is 522. The molecule has 1 heterocycles. The molecule has 0 saturated carbocycles. The van der Waals surface area contributed by atoms with Crippen molar-refractivity contribution >= 4 is 29.1 Å². The van der Waals surface area contributed by atoms with Crippen molar-refractivity contribution in [3.8, 4) is 0 Å². The predicted octanol–water partition coefficient (Wildman–Crippen LogP) is 3.14. The van der Waals surface area contributed by atoms with Crippen LogP contribution in [0.4, 0.5) is 0 Å². The highest BCUT2D eigenvalue weighted by molar-refractivity contribution is 7.98. The van der Waals surface area contributed by atoms with Crippen molar-refractivity contribution in [2.24, 2.45) is 0 Å². The number of Topliss-reactive ketones (excluding diaryl/α,β-unsaturated/α-hetero) is 1. The number of halogens is 1. The molecule has 0 atom stereocenters. The zero-order valence-electron chi connectivity index (χ0n) is 9.26. The van der Waals surface area contributed by atoms with Crippen molar-refractivity contribution in [2.45, 2.75) is 11.4 Å². The van der Waals surface area contributed by atoms with E-state index in [9.17, 15) is 4.79 Å². The first-order valence-corrected chi connectivity index (χ1v) is 6.64. The van der Waals surface area contributed by atoms with Gasteiger partial charge >= 0.3 is 0 Å². The highest BCUT2D eigenvalue weighted by Gasteiger charge is 2.07. The fourth-order valence-electron chi connectivity index (χ4n) is 1.44. The quantitative estimate of drug-likeness (QED) is 0.630.